The highest BCUT2D eigenvalue weighted by Crippen LogP contribution is 2.12. The molecule has 0 bridgehead atoms. The minimum atomic E-state index is 0.0127. The Hall–Kier alpha value is -1.07. The van der Waals surface area contributed by atoms with E-state index in [-0.39, 0.29) is 5.84 Å². The third kappa shape index (κ3) is 4.31. The molecule has 0 spiro atoms. The molecule has 0 radical (unpaired) electrons. The van der Waals surface area contributed by atoms with Crippen LogP contribution in [-0.2, 0) is 10.5 Å². The van der Waals surface area contributed by atoms with E-state index in [1.165, 1.54) is 0 Å². The van der Waals surface area contributed by atoms with Gasteiger partial charge in [0.05, 0.1) is 6.61 Å². The number of hydrogen-bond donors (Lipinski definition) is 2. The standard InChI is InChI=1S/C10H15N3OS/c1-14-4-5-15-7-8-2-3-13-9(6-8)10(11)12/h2-3,6H,4-5,7H2,1H3,(H3,11,12). The molecule has 0 amide bonds. The molecule has 0 saturated heterocycles. The lowest BCUT2D eigenvalue weighted by molar-refractivity contribution is 0.218. The molecule has 4 nitrogen and oxygen atoms in total. The number of rotatable bonds is 6. The number of methoxy groups -OCH3 is 1. The molecular formula is C10H15N3OS. The summed E-state index contributed by atoms with van der Waals surface area (Å²) in [4.78, 5) is 4.00. The van der Waals surface area contributed by atoms with Crippen LogP contribution in [0.25, 0.3) is 0 Å². The first-order valence-electron chi connectivity index (χ1n) is 4.60. The van der Waals surface area contributed by atoms with Crippen molar-refractivity contribution < 1.29 is 4.74 Å². The Morgan fingerprint density at radius 2 is 2.47 bits per heavy atom. The van der Waals surface area contributed by atoms with Gasteiger partial charge in [-0.1, -0.05) is 0 Å². The minimum absolute atomic E-state index is 0.0127. The fraction of sp³-hybridized carbons (Fsp3) is 0.400. The molecule has 0 aliphatic rings. The number of nitrogens with two attached hydrogens (primary N) is 1. The Bertz CT molecular complexity index is 330. The zero-order valence-electron chi connectivity index (χ0n) is 8.69. The van der Waals surface area contributed by atoms with Gasteiger partial charge in [0.25, 0.3) is 0 Å². The van der Waals surface area contributed by atoms with Gasteiger partial charge in [-0.3, -0.25) is 10.4 Å². The predicted octanol–water partition coefficient (Wildman–Crippen LogP) is 1.25. The van der Waals surface area contributed by atoms with Crippen LogP contribution in [0.2, 0.25) is 0 Å². The number of amidine groups is 1. The Morgan fingerprint density at radius 3 is 3.13 bits per heavy atom. The van der Waals surface area contributed by atoms with Crippen molar-refractivity contribution in [3.63, 3.8) is 0 Å². The molecule has 0 aliphatic carbocycles. The fourth-order valence-electron chi connectivity index (χ4n) is 1.04. The highest BCUT2D eigenvalue weighted by molar-refractivity contribution is 7.98. The SMILES string of the molecule is COCCSCc1ccnc(C(=N)N)c1. The second-order valence-corrected chi connectivity index (χ2v) is 4.11. The van der Waals surface area contributed by atoms with Crippen molar-refractivity contribution in [3.8, 4) is 0 Å². The van der Waals surface area contributed by atoms with E-state index in [0.29, 0.717) is 5.69 Å². The topological polar surface area (TPSA) is 72.0 Å². The maximum absolute atomic E-state index is 7.26. The zero-order chi connectivity index (χ0) is 11.1. The van der Waals surface area contributed by atoms with Gasteiger partial charge in [0, 0.05) is 24.8 Å². The van der Waals surface area contributed by atoms with Gasteiger partial charge in [0.2, 0.25) is 0 Å². The summed E-state index contributed by atoms with van der Waals surface area (Å²) in [5, 5.41) is 7.26. The number of pyridine rings is 1. The Kier molecular flexibility index (Phi) is 5.14. The van der Waals surface area contributed by atoms with Crippen molar-refractivity contribution >= 4 is 17.6 Å². The summed E-state index contributed by atoms with van der Waals surface area (Å²) in [5.74, 6) is 1.87. The van der Waals surface area contributed by atoms with E-state index >= 15 is 0 Å². The van der Waals surface area contributed by atoms with Crippen molar-refractivity contribution in [2.45, 2.75) is 5.75 Å². The highest BCUT2D eigenvalue weighted by Gasteiger charge is 2.00. The second kappa shape index (κ2) is 6.42. The maximum atomic E-state index is 7.26. The zero-order valence-corrected chi connectivity index (χ0v) is 9.51. The molecule has 1 heterocycles. The molecule has 15 heavy (non-hydrogen) atoms. The van der Waals surface area contributed by atoms with E-state index < -0.39 is 0 Å². The lowest BCUT2D eigenvalue weighted by atomic mass is 10.2. The van der Waals surface area contributed by atoms with Gasteiger partial charge < -0.3 is 10.5 Å². The van der Waals surface area contributed by atoms with E-state index in [2.05, 4.69) is 4.98 Å². The second-order valence-electron chi connectivity index (χ2n) is 3.01. The Balaban J connectivity index is 2.47. The summed E-state index contributed by atoms with van der Waals surface area (Å²) in [7, 11) is 1.70. The van der Waals surface area contributed by atoms with Gasteiger partial charge in [-0.15, -0.1) is 0 Å². The van der Waals surface area contributed by atoms with Crippen LogP contribution in [0.1, 0.15) is 11.3 Å². The third-order valence-electron chi connectivity index (χ3n) is 1.80. The molecule has 1 rings (SSSR count). The van der Waals surface area contributed by atoms with Crippen LogP contribution < -0.4 is 5.73 Å². The molecule has 1 aromatic rings. The Labute approximate surface area is 93.7 Å². The normalized spacial score (nSPS) is 10.2. The number of hydrogen-bond acceptors (Lipinski definition) is 4. The number of ether oxygens (including phenoxy) is 1. The van der Waals surface area contributed by atoms with E-state index in [4.69, 9.17) is 15.9 Å². The van der Waals surface area contributed by atoms with Gasteiger partial charge in [-0.2, -0.15) is 11.8 Å². The molecule has 0 aliphatic heterocycles. The molecule has 0 fully saturated rings. The molecule has 3 N–H and O–H groups in total. The molecule has 0 saturated carbocycles. The molecule has 0 aromatic carbocycles. The van der Waals surface area contributed by atoms with E-state index in [1.807, 2.05) is 12.1 Å². The first-order chi connectivity index (χ1) is 7.24. The van der Waals surface area contributed by atoms with Crippen molar-refractivity contribution in [3.05, 3.63) is 29.6 Å². The van der Waals surface area contributed by atoms with Gasteiger partial charge >= 0.3 is 0 Å². The molecule has 0 unspecified atom stereocenters. The smallest absolute Gasteiger partial charge is 0.141 e. The van der Waals surface area contributed by atoms with Gasteiger partial charge in [-0.25, -0.2) is 0 Å². The fourth-order valence-corrected chi connectivity index (χ4v) is 1.89. The number of nitrogens with zero attached hydrogens (tertiary/aromatic N) is 1. The highest BCUT2D eigenvalue weighted by atomic mass is 32.2. The molecule has 5 heteroatoms. The van der Waals surface area contributed by atoms with E-state index in [0.717, 1.165) is 23.7 Å². The van der Waals surface area contributed by atoms with E-state index in [9.17, 15) is 0 Å². The van der Waals surface area contributed by atoms with Gasteiger partial charge in [-0.05, 0) is 17.7 Å². The monoisotopic (exact) mass is 225 g/mol. The van der Waals surface area contributed by atoms with Crippen LogP contribution in [0.4, 0.5) is 0 Å². The number of nitrogen functional groups attached to an aromatic ring is 1. The van der Waals surface area contributed by atoms with Crippen molar-refractivity contribution in [2.24, 2.45) is 5.73 Å². The summed E-state index contributed by atoms with van der Waals surface area (Å²) >= 11 is 1.79. The summed E-state index contributed by atoms with van der Waals surface area (Å²) in [5.41, 5.74) is 7.03. The summed E-state index contributed by atoms with van der Waals surface area (Å²) in [6.07, 6.45) is 1.68. The summed E-state index contributed by atoms with van der Waals surface area (Å²) < 4.78 is 4.95. The van der Waals surface area contributed by atoms with Crippen LogP contribution in [0, 0.1) is 5.41 Å². The van der Waals surface area contributed by atoms with Crippen LogP contribution in [-0.4, -0.2) is 30.3 Å². The Morgan fingerprint density at radius 1 is 1.67 bits per heavy atom. The molecule has 82 valence electrons. The molecule has 1 aromatic heterocycles. The molecular weight excluding hydrogens is 210 g/mol. The average molecular weight is 225 g/mol. The van der Waals surface area contributed by atoms with Crippen LogP contribution in [0.5, 0.6) is 0 Å². The van der Waals surface area contributed by atoms with Crippen molar-refractivity contribution in [1.82, 2.24) is 4.98 Å². The van der Waals surface area contributed by atoms with Crippen LogP contribution >= 0.6 is 11.8 Å². The predicted molar refractivity (Wildman–Crippen MR) is 63.3 cm³/mol. The van der Waals surface area contributed by atoms with Crippen LogP contribution in [0.15, 0.2) is 18.3 Å². The molecule has 0 atom stereocenters. The van der Waals surface area contributed by atoms with Crippen LogP contribution in [0.3, 0.4) is 0 Å². The largest absolute Gasteiger partial charge is 0.384 e. The number of thioether (sulfide) groups is 1. The third-order valence-corrected chi connectivity index (χ3v) is 2.79. The first kappa shape index (κ1) is 12.0. The summed E-state index contributed by atoms with van der Waals surface area (Å²) in [6.45, 7) is 0.759. The minimum Gasteiger partial charge on any atom is -0.384 e. The number of aromatic nitrogens is 1. The lowest BCUT2D eigenvalue weighted by Gasteiger charge is -2.03. The average Bonchev–Trinajstić information content (AvgIpc) is 2.25. The summed E-state index contributed by atoms with van der Waals surface area (Å²) in [6, 6.07) is 3.79. The lowest BCUT2D eigenvalue weighted by Crippen LogP contribution is -2.13. The van der Waals surface area contributed by atoms with Gasteiger partial charge in [0.1, 0.15) is 11.5 Å². The quantitative estimate of drug-likeness (QED) is 0.434. The van der Waals surface area contributed by atoms with Crippen molar-refractivity contribution in [2.75, 3.05) is 19.5 Å². The first-order valence-corrected chi connectivity index (χ1v) is 5.75. The number of nitrogens with one attached hydrogen (secondary N) is 1. The van der Waals surface area contributed by atoms with Gasteiger partial charge in [0.15, 0.2) is 0 Å². The van der Waals surface area contributed by atoms with Crippen molar-refractivity contribution in [1.29, 1.82) is 5.41 Å². The van der Waals surface area contributed by atoms with E-state index in [1.54, 1.807) is 25.1 Å². The maximum Gasteiger partial charge on any atom is 0.141 e.